The molecule has 2 rings (SSSR count). The second kappa shape index (κ2) is 7.42. The number of rotatable bonds is 7. The summed E-state index contributed by atoms with van der Waals surface area (Å²) in [5, 5.41) is 13.7. The van der Waals surface area contributed by atoms with Gasteiger partial charge in [0.1, 0.15) is 5.75 Å². The molecule has 0 aliphatic carbocycles. The lowest BCUT2D eigenvalue weighted by Crippen LogP contribution is -2.41. The largest absolute Gasteiger partial charge is 0.434 e. The predicted octanol–water partition coefficient (Wildman–Crippen LogP) is 3.20. The fourth-order valence-corrected chi connectivity index (χ4v) is 3.79. The molecule has 1 heterocycles. The molecular weight excluding hydrogens is 296 g/mol. The van der Waals surface area contributed by atoms with Crippen molar-refractivity contribution >= 4 is 11.8 Å². The molecule has 2 N–H and O–H groups in total. The molecular formula is C15H21F2NO2S. The number of para-hydroxylation sites is 1. The van der Waals surface area contributed by atoms with Gasteiger partial charge in [-0.05, 0) is 24.7 Å². The number of aliphatic hydroxyl groups is 1. The van der Waals surface area contributed by atoms with Crippen molar-refractivity contribution in [3.05, 3.63) is 29.8 Å². The Bertz CT molecular complexity index is 453. The fourth-order valence-electron chi connectivity index (χ4n) is 2.49. The Labute approximate surface area is 128 Å². The maximum Gasteiger partial charge on any atom is 0.387 e. The van der Waals surface area contributed by atoms with Gasteiger partial charge in [-0.1, -0.05) is 25.1 Å². The lowest BCUT2D eigenvalue weighted by atomic mass is 10.00. The minimum atomic E-state index is -2.83. The van der Waals surface area contributed by atoms with E-state index in [9.17, 15) is 13.9 Å². The van der Waals surface area contributed by atoms with Crippen molar-refractivity contribution in [3.8, 4) is 5.75 Å². The third kappa shape index (κ3) is 4.56. The van der Waals surface area contributed by atoms with Crippen molar-refractivity contribution in [1.29, 1.82) is 0 Å². The molecule has 1 fully saturated rings. The highest BCUT2D eigenvalue weighted by Gasteiger charge is 2.32. The van der Waals surface area contributed by atoms with E-state index in [2.05, 4.69) is 10.1 Å². The van der Waals surface area contributed by atoms with Gasteiger partial charge >= 0.3 is 6.61 Å². The maximum atomic E-state index is 12.5. The second-order valence-electron chi connectivity index (χ2n) is 5.28. The summed E-state index contributed by atoms with van der Waals surface area (Å²) in [6.07, 6.45) is 1.49. The number of thioether (sulfide) groups is 1. The standard InChI is InChI=1S/C15H21F2NO2S/c1-2-12(18-9-15(19)7-8-21-10-15)11-5-3-4-6-13(11)20-14(16)17/h3-6,12,14,18-19H,2,7-10H2,1H3. The molecule has 6 heteroatoms. The normalized spacial score (nSPS) is 23.5. The summed E-state index contributed by atoms with van der Waals surface area (Å²) in [5.74, 6) is 1.87. The summed E-state index contributed by atoms with van der Waals surface area (Å²) in [6, 6.07) is 6.69. The van der Waals surface area contributed by atoms with E-state index >= 15 is 0 Å². The average Bonchev–Trinajstić information content (AvgIpc) is 2.88. The Hall–Kier alpha value is -0.850. The Morgan fingerprint density at radius 1 is 1.43 bits per heavy atom. The number of ether oxygens (including phenoxy) is 1. The van der Waals surface area contributed by atoms with Crippen LogP contribution >= 0.6 is 11.8 Å². The van der Waals surface area contributed by atoms with Gasteiger partial charge in [0.05, 0.1) is 5.60 Å². The minimum Gasteiger partial charge on any atom is -0.434 e. The molecule has 0 saturated carbocycles. The van der Waals surface area contributed by atoms with Gasteiger partial charge in [-0.25, -0.2) is 0 Å². The van der Waals surface area contributed by atoms with Crippen LogP contribution in [-0.2, 0) is 0 Å². The first-order valence-corrected chi connectivity index (χ1v) is 8.27. The Morgan fingerprint density at radius 2 is 2.19 bits per heavy atom. The van der Waals surface area contributed by atoms with Gasteiger partial charge in [0.2, 0.25) is 0 Å². The topological polar surface area (TPSA) is 41.5 Å². The molecule has 21 heavy (non-hydrogen) atoms. The molecule has 2 atom stereocenters. The van der Waals surface area contributed by atoms with E-state index in [0.29, 0.717) is 17.9 Å². The molecule has 1 saturated heterocycles. The number of benzene rings is 1. The summed E-state index contributed by atoms with van der Waals surface area (Å²) < 4.78 is 29.5. The third-order valence-electron chi connectivity index (χ3n) is 3.68. The van der Waals surface area contributed by atoms with E-state index in [1.165, 1.54) is 0 Å². The minimum absolute atomic E-state index is 0.116. The third-order valence-corrected chi connectivity index (χ3v) is 4.91. The number of alkyl halides is 2. The van der Waals surface area contributed by atoms with Crippen LogP contribution < -0.4 is 10.1 Å². The molecule has 1 aliphatic rings. The predicted molar refractivity (Wildman–Crippen MR) is 81.0 cm³/mol. The summed E-state index contributed by atoms with van der Waals surface area (Å²) in [4.78, 5) is 0. The molecule has 0 bridgehead atoms. The van der Waals surface area contributed by atoms with Gasteiger partial charge in [0.25, 0.3) is 0 Å². The first-order valence-electron chi connectivity index (χ1n) is 7.11. The zero-order chi connectivity index (χ0) is 15.3. The summed E-state index contributed by atoms with van der Waals surface area (Å²) in [7, 11) is 0. The van der Waals surface area contributed by atoms with E-state index in [1.54, 1.807) is 36.0 Å². The molecule has 1 aromatic carbocycles. The molecule has 1 aromatic rings. The van der Waals surface area contributed by atoms with Crippen LogP contribution in [0.25, 0.3) is 0 Å². The van der Waals surface area contributed by atoms with Crippen LogP contribution in [0, 0.1) is 0 Å². The van der Waals surface area contributed by atoms with Gasteiger partial charge in [0, 0.05) is 23.9 Å². The van der Waals surface area contributed by atoms with E-state index in [1.807, 2.05) is 6.92 Å². The van der Waals surface area contributed by atoms with Crippen molar-refractivity contribution in [2.24, 2.45) is 0 Å². The molecule has 2 unspecified atom stereocenters. The van der Waals surface area contributed by atoms with Gasteiger partial charge in [0.15, 0.2) is 0 Å². The number of nitrogens with one attached hydrogen (secondary N) is 1. The first kappa shape index (κ1) is 16.5. The van der Waals surface area contributed by atoms with E-state index in [4.69, 9.17) is 0 Å². The Kier molecular flexibility index (Phi) is 5.84. The van der Waals surface area contributed by atoms with Crippen molar-refractivity contribution < 1.29 is 18.6 Å². The van der Waals surface area contributed by atoms with E-state index in [0.717, 1.165) is 18.6 Å². The van der Waals surface area contributed by atoms with Crippen LogP contribution in [0.4, 0.5) is 8.78 Å². The van der Waals surface area contributed by atoms with Gasteiger partial charge < -0.3 is 15.2 Å². The first-order chi connectivity index (χ1) is 10.0. The van der Waals surface area contributed by atoms with Gasteiger partial charge in [-0.3, -0.25) is 0 Å². The molecule has 0 aromatic heterocycles. The molecule has 3 nitrogen and oxygen atoms in total. The summed E-state index contributed by atoms with van der Waals surface area (Å²) in [5.41, 5.74) is 0.00547. The van der Waals surface area contributed by atoms with Crippen molar-refractivity contribution in [1.82, 2.24) is 5.32 Å². The highest BCUT2D eigenvalue weighted by atomic mass is 32.2. The Morgan fingerprint density at radius 3 is 2.81 bits per heavy atom. The smallest absolute Gasteiger partial charge is 0.387 e. The lowest BCUT2D eigenvalue weighted by molar-refractivity contribution is -0.0508. The second-order valence-corrected chi connectivity index (χ2v) is 6.39. The monoisotopic (exact) mass is 317 g/mol. The maximum absolute atomic E-state index is 12.5. The number of hydrogen-bond donors (Lipinski definition) is 2. The highest BCUT2D eigenvalue weighted by Crippen LogP contribution is 2.31. The average molecular weight is 317 g/mol. The van der Waals surface area contributed by atoms with Crippen molar-refractivity contribution in [2.45, 2.75) is 38.0 Å². The molecule has 0 radical (unpaired) electrons. The molecule has 0 spiro atoms. The zero-order valence-corrected chi connectivity index (χ0v) is 12.8. The summed E-state index contributed by atoms with van der Waals surface area (Å²) >= 11 is 1.73. The van der Waals surface area contributed by atoms with Gasteiger partial charge in [-0.2, -0.15) is 20.5 Å². The van der Waals surface area contributed by atoms with Crippen molar-refractivity contribution in [2.75, 3.05) is 18.1 Å². The summed E-state index contributed by atoms with van der Waals surface area (Å²) in [6.45, 7) is -0.398. The quantitative estimate of drug-likeness (QED) is 0.810. The fraction of sp³-hybridized carbons (Fsp3) is 0.600. The lowest BCUT2D eigenvalue weighted by Gasteiger charge is -2.27. The van der Waals surface area contributed by atoms with Crippen LogP contribution in [0.3, 0.4) is 0 Å². The zero-order valence-electron chi connectivity index (χ0n) is 12.0. The molecule has 1 aliphatic heterocycles. The van der Waals surface area contributed by atoms with Gasteiger partial charge in [-0.15, -0.1) is 0 Å². The van der Waals surface area contributed by atoms with E-state index in [-0.39, 0.29) is 11.8 Å². The highest BCUT2D eigenvalue weighted by molar-refractivity contribution is 7.99. The molecule has 118 valence electrons. The van der Waals surface area contributed by atoms with Crippen LogP contribution in [0.1, 0.15) is 31.4 Å². The van der Waals surface area contributed by atoms with Crippen molar-refractivity contribution in [3.63, 3.8) is 0 Å². The van der Waals surface area contributed by atoms with Crippen LogP contribution in [0.5, 0.6) is 5.75 Å². The van der Waals surface area contributed by atoms with Crippen LogP contribution in [0.2, 0.25) is 0 Å². The van der Waals surface area contributed by atoms with Crippen LogP contribution in [-0.4, -0.2) is 35.4 Å². The SMILES string of the molecule is CCC(NCC1(O)CCSC1)c1ccccc1OC(F)F. The number of halogens is 2. The van der Waals surface area contributed by atoms with Crippen LogP contribution in [0.15, 0.2) is 24.3 Å². The molecule has 0 amide bonds. The Balaban J connectivity index is 2.06. The number of hydrogen-bond acceptors (Lipinski definition) is 4. The van der Waals surface area contributed by atoms with E-state index < -0.39 is 12.2 Å².